The molecular formula is C56H41N3O. The number of furan rings is 1. The van der Waals surface area contributed by atoms with Gasteiger partial charge >= 0.3 is 0 Å². The van der Waals surface area contributed by atoms with Crippen LogP contribution in [0.3, 0.4) is 0 Å². The maximum absolute atomic E-state index is 6.61. The van der Waals surface area contributed by atoms with Crippen molar-refractivity contribution in [3.05, 3.63) is 224 Å². The van der Waals surface area contributed by atoms with E-state index in [0.29, 0.717) is 0 Å². The molecule has 286 valence electrons. The Morgan fingerprint density at radius 3 is 1.48 bits per heavy atom. The lowest BCUT2D eigenvalue weighted by molar-refractivity contribution is 0.501. The highest BCUT2D eigenvalue weighted by atomic mass is 16.3. The van der Waals surface area contributed by atoms with Crippen molar-refractivity contribution >= 4 is 71.9 Å². The fraction of sp³-hybridized carbons (Fsp3) is 0.0357. The lowest BCUT2D eigenvalue weighted by Crippen LogP contribution is -2.22. The van der Waals surface area contributed by atoms with E-state index in [2.05, 4.69) is 234 Å². The number of fused-ring (bicyclic) bond motifs is 8. The van der Waals surface area contributed by atoms with Crippen LogP contribution in [-0.4, -0.2) is 18.5 Å². The maximum Gasteiger partial charge on any atom is 0.143 e. The van der Waals surface area contributed by atoms with Gasteiger partial charge in [-0.25, -0.2) is 0 Å². The molecule has 0 atom stereocenters. The molecule has 0 amide bonds. The van der Waals surface area contributed by atoms with Gasteiger partial charge in [-0.1, -0.05) is 127 Å². The Labute approximate surface area is 349 Å². The highest BCUT2D eigenvalue weighted by Gasteiger charge is 2.21. The number of benzene rings is 9. The summed E-state index contributed by atoms with van der Waals surface area (Å²) in [6, 6.07) is 71.7. The van der Waals surface area contributed by atoms with Crippen molar-refractivity contribution in [3.63, 3.8) is 0 Å². The lowest BCUT2D eigenvalue weighted by Gasteiger charge is -2.31. The fourth-order valence-corrected chi connectivity index (χ4v) is 8.78. The minimum atomic E-state index is 0.822. The van der Waals surface area contributed by atoms with Crippen LogP contribution < -0.4 is 9.80 Å². The van der Waals surface area contributed by atoms with E-state index in [1.807, 2.05) is 6.07 Å². The third-order valence-electron chi connectivity index (χ3n) is 11.8. The summed E-state index contributed by atoms with van der Waals surface area (Å²) in [6.45, 7) is 0.822. The predicted octanol–water partition coefficient (Wildman–Crippen LogP) is 15.2. The topological polar surface area (TPSA) is 22.9 Å². The van der Waals surface area contributed by atoms with Crippen LogP contribution in [0.1, 0.15) is 0 Å². The Balaban J connectivity index is 1.03. The second-order valence-electron chi connectivity index (χ2n) is 15.5. The summed E-state index contributed by atoms with van der Waals surface area (Å²) in [5, 5.41) is 7.00. The average molecular weight is 772 g/mol. The molecule has 10 aromatic rings. The van der Waals surface area contributed by atoms with Crippen molar-refractivity contribution in [3.8, 4) is 22.3 Å². The van der Waals surface area contributed by atoms with Gasteiger partial charge in [0.2, 0.25) is 0 Å². The van der Waals surface area contributed by atoms with Crippen LogP contribution in [0.5, 0.6) is 0 Å². The number of anilines is 5. The second kappa shape index (κ2) is 14.8. The fourth-order valence-electron chi connectivity index (χ4n) is 8.78. The quantitative estimate of drug-likeness (QED) is 0.144. The molecule has 11 rings (SSSR count). The Morgan fingerprint density at radius 1 is 0.417 bits per heavy atom. The SMILES string of the molecule is CN1C=CC(N(c2ccc(N(c3ccc(-c4ccccc4)cc3)c3ccc(-c4ccccc4)cc3)cc2)c2ccc3c(c2)c2ccccc2c2c4ccccc4oc32)=CC1. The second-order valence-corrected chi connectivity index (χ2v) is 15.5. The molecule has 9 aromatic carbocycles. The van der Waals surface area contributed by atoms with E-state index in [1.165, 1.54) is 38.4 Å². The van der Waals surface area contributed by atoms with Crippen LogP contribution in [0, 0.1) is 0 Å². The van der Waals surface area contributed by atoms with Gasteiger partial charge in [0.15, 0.2) is 0 Å². The molecular weight excluding hydrogens is 731 g/mol. The van der Waals surface area contributed by atoms with Crippen LogP contribution in [-0.2, 0) is 0 Å². The Bertz CT molecular complexity index is 3140. The highest BCUT2D eigenvalue weighted by Crippen LogP contribution is 2.44. The zero-order valence-corrected chi connectivity index (χ0v) is 33.2. The molecule has 4 nitrogen and oxygen atoms in total. The molecule has 1 aromatic heterocycles. The summed E-state index contributed by atoms with van der Waals surface area (Å²) >= 11 is 0. The van der Waals surface area contributed by atoms with Crippen molar-refractivity contribution in [2.45, 2.75) is 0 Å². The Kier molecular flexibility index (Phi) is 8.75. The van der Waals surface area contributed by atoms with Crippen molar-refractivity contribution in [1.82, 2.24) is 4.90 Å². The van der Waals surface area contributed by atoms with Gasteiger partial charge in [0.1, 0.15) is 11.2 Å². The van der Waals surface area contributed by atoms with E-state index in [-0.39, 0.29) is 0 Å². The Morgan fingerprint density at radius 2 is 0.900 bits per heavy atom. The van der Waals surface area contributed by atoms with E-state index in [9.17, 15) is 0 Å². The number of rotatable bonds is 8. The number of para-hydroxylation sites is 1. The van der Waals surface area contributed by atoms with Crippen LogP contribution in [0.2, 0.25) is 0 Å². The number of allylic oxidation sites excluding steroid dienone is 1. The predicted molar refractivity (Wildman–Crippen MR) is 253 cm³/mol. The summed E-state index contributed by atoms with van der Waals surface area (Å²) in [4.78, 5) is 6.91. The van der Waals surface area contributed by atoms with Gasteiger partial charge in [0.25, 0.3) is 0 Å². The molecule has 0 spiro atoms. The summed E-state index contributed by atoms with van der Waals surface area (Å²) in [7, 11) is 2.11. The van der Waals surface area contributed by atoms with Crippen LogP contribution in [0.15, 0.2) is 229 Å². The largest absolute Gasteiger partial charge is 0.455 e. The summed E-state index contributed by atoms with van der Waals surface area (Å²) in [5.41, 5.74) is 13.2. The van der Waals surface area contributed by atoms with Crippen LogP contribution in [0.4, 0.5) is 28.4 Å². The minimum Gasteiger partial charge on any atom is -0.455 e. The number of nitrogens with zero attached hydrogens (tertiary/aromatic N) is 3. The van der Waals surface area contributed by atoms with Gasteiger partial charge in [-0.2, -0.15) is 0 Å². The molecule has 0 saturated carbocycles. The molecule has 1 aliphatic heterocycles. The molecule has 60 heavy (non-hydrogen) atoms. The van der Waals surface area contributed by atoms with E-state index in [0.717, 1.165) is 68.0 Å². The summed E-state index contributed by atoms with van der Waals surface area (Å²) in [6.07, 6.45) is 6.66. The maximum atomic E-state index is 6.61. The molecule has 0 radical (unpaired) electrons. The van der Waals surface area contributed by atoms with Gasteiger partial charge in [0, 0.05) is 70.1 Å². The molecule has 0 saturated heterocycles. The van der Waals surface area contributed by atoms with Crippen molar-refractivity contribution < 1.29 is 4.42 Å². The third kappa shape index (κ3) is 6.27. The summed E-state index contributed by atoms with van der Waals surface area (Å²) in [5.74, 6) is 0. The standard InChI is InChI=1S/C56H41N3O/c1-57-36-34-47(35-37-57)59(48-32-33-51-53(38-48)49-16-8-9-17-50(49)55-52-18-10-11-19-54(52)60-56(51)55)46-30-28-45(29-31-46)58(43-24-20-41(21-25-43)39-12-4-2-5-13-39)44-26-22-42(23-27-44)40-14-6-3-7-15-40/h2-36,38H,37H2,1H3. The highest BCUT2D eigenvalue weighted by molar-refractivity contribution is 6.30. The van der Waals surface area contributed by atoms with E-state index >= 15 is 0 Å². The number of likely N-dealkylation sites (N-methyl/N-ethyl adjacent to an activating group) is 1. The van der Waals surface area contributed by atoms with Crippen molar-refractivity contribution in [1.29, 1.82) is 0 Å². The molecule has 0 N–H and O–H groups in total. The molecule has 0 fully saturated rings. The first kappa shape index (κ1) is 35.4. The number of hydrogen-bond acceptors (Lipinski definition) is 4. The van der Waals surface area contributed by atoms with Gasteiger partial charge in [-0.3, -0.25) is 0 Å². The lowest BCUT2D eigenvalue weighted by atomic mass is 9.96. The summed E-state index contributed by atoms with van der Waals surface area (Å²) < 4.78 is 6.61. The van der Waals surface area contributed by atoms with Crippen LogP contribution in [0.25, 0.3) is 65.7 Å². The number of hydrogen-bond donors (Lipinski definition) is 0. The van der Waals surface area contributed by atoms with Crippen molar-refractivity contribution in [2.75, 3.05) is 23.4 Å². The average Bonchev–Trinajstić information content (AvgIpc) is 3.72. The molecule has 2 heterocycles. The molecule has 0 unspecified atom stereocenters. The zero-order valence-electron chi connectivity index (χ0n) is 33.2. The van der Waals surface area contributed by atoms with Crippen molar-refractivity contribution in [2.24, 2.45) is 0 Å². The first-order valence-corrected chi connectivity index (χ1v) is 20.5. The third-order valence-corrected chi connectivity index (χ3v) is 11.8. The molecule has 0 aliphatic carbocycles. The first-order valence-electron chi connectivity index (χ1n) is 20.5. The van der Waals surface area contributed by atoms with E-state index in [1.54, 1.807) is 0 Å². The van der Waals surface area contributed by atoms with Gasteiger partial charge in [-0.15, -0.1) is 0 Å². The first-order chi connectivity index (χ1) is 29.7. The monoisotopic (exact) mass is 771 g/mol. The minimum absolute atomic E-state index is 0.822. The normalized spacial score (nSPS) is 12.7. The smallest absolute Gasteiger partial charge is 0.143 e. The van der Waals surface area contributed by atoms with E-state index in [4.69, 9.17) is 4.42 Å². The Hall–Kier alpha value is -7.82. The van der Waals surface area contributed by atoms with Gasteiger partial charge in [0.05, 0.1) is 0 Å². The zero-order chi connectivity index (χ0) is 40.0. The van der Waals surface area contributed by atoms with Gasteiger partial charge < -0.3 is 19.1 Å². The molecule has 1 aliphatic rings. The van der Waals surface area contributed by atoms with Gasteiger partial charge in [-0.05, 0) is 123 Å². The van der Waals surface area contributed by atoms with E-state index < -0.39 is 0 Å². The molecule has 0 bridgehead atoms. The van der Waals surface area contributed by atoms with Crippen LogP contribution >= 0.6 is 0 Å². The molecule has 4 heteroatoms.